The van der Waals surface area contributed by atoms with Crippen LogP contribution in [0.2, 0.25) is 0 Å². The van der Waals surface area contributed by atoms with Crippen molar-refractivity contribution in [2.45, 2.75) is 6.61 Å². The van der Waals surface area contributed by atoms with Gasteiger partial charge in [0.05, 0.1) is 5.56 Å². The number of halogens is 2. The number of nitrogen functional groups attached to an aromatic ring is 1. The Labute approximate surface area is 128 Å². The number of hydrogen-bond acceptors (Lipinski definition) is 3. The molecule has 0 radical (unpaired) electrons. The van der Waals surface area contributed by atoms with Crippen molar-refractivity contribution in [1.29, 1.82) is 0 Å². The SMILES string of the molecule is Nc1cc(Br)cc(C(=O)OCc2cccc(Br)c2)c1. The van der Waals surface area contributed by atoms with Crippen LogP contribution in [0.15, 0.2) is 51.4 Å². The summed E-state index contributed by atoms with van der Waals surface area (Å²) in [6.45, 7) is 0.227. The van der Waals surface area contributed by atoms with E-state index in [9.17, 15) is 4.79 Å². The predicted molar refractivity (Wildman–Crippen MR) is 81.8 cm³/mol. The quantitative estimate of drug-likeness (QED) is 0.638. The lowest BCUT2D eigenvalue weighted by Gasteiger charge is -2.06. The van der Waals surface area contributed by atoms with Gasteiger partial charge in [0, 0.05) is 14.6 Å². The molecule has 0 aliphatic carbocycles. The molecule has 0 aliphatic rings. The molecule has 2 N–H and O–H groups in total. The third-order valence-corrected chi connectivity index (χ3v) is 3.37. The second-order valence-corrected chi connectivity index (χ2v) is 5.81. The highest BCUT2D eigenvalue weighted by atomic mass is 79.9. The highest BCUT2D eigenvalue weighted by Gasteiger charge is 2.09. The van der Waals surface area contributed by atoms with Crippen molar-refractivity contribution in [3.8, 4) is 0 Å². The molecule has 0 atom stereocenters. The number of esters is 1. The molecule has 0 aromatic heterocycles. The number of anilines is 1. The molecular formula is C14H11Br2NO2. The average molecular weight is 385 g/mol. The number of rotatable bonds is 3. The summed E-state index contributed by atoms with van der Waals surface area (Å²) in [5.74, 6) is -0.395. The van der Waals surface area contributed by atoms with Crippen LogP contribution in [0, 0.1) is 0 Å². The Morgan fingerprint density at radius 1 is 1.11 bits per heavy atom. The molecule has 0 saturated carbocycles. The topological polar surface area (TPSA) is 52.3 Å². The minimum absolute atomic E-state index is 0.227. The van der Waals surface area contributed by atoms with Gasteiger partial charge in [-0.1, -0.05) is 44.0 Å². The van der Waals surface area contributed by atoms with Crippen LogP contribution < -0.4 is 5.73 Å². The van der Waals surface area contributed by atoms with Gasteiger partial charge in [-0.15, -0.1) is 0 Å². The molecule has 0 heterocycles. The third kappa shape index (κ3) is 4.08. The second kappa shape index (κ2) is 6.21. The fraction of sp³-hybridized carbons (Fsp3) is 0.0714. The van der Waals surface area contributed by atoms with E-state index < -0.39 is 5.97 Å². The molecule has 0 aliphatic heterocycles. The Bertz CT molecular complexity index is 594. The number of carbonyl (C=O) groups is 1. The van der Waals surface area contributed by atoms with Crippen molar-refractivity contribution in [1.82, 2.24) is 0 Å². The van der Waals surface area contributed by atoms with Crippen molar-refractivity contribution >= 4 is 43.5 Å². The fourth-order valence-electron chi connectivity index (χ4n) is 1.59. The Kier molecular flexibility index (Phi) is 4.61. The summed E-state index contributed by atoms with van der Waals surface area (Å²) in [5.41, 5.74) is 7.55. The molecule has 5 heteroatoms. The van der Waals surface area contributed by atoms with Crippen LogP contribution in [0.1, 0.15) is 15.9 Å². The molecule has 0 saturated heterocycles. The lowest BCUT2D eigenvalue weighted by atomic mass is 10.2. The molecule has 0 fully saturated rings. The molecular weight excluding hydrogens is 374 g/mol. The van der Waals surface area contributed by atoms with E-state index in [0.29, 0.717) is 11.3 Å². The van der Waals surface area contributed by atoms with Crippen LogP contribution >= 0.6 is 31.9 Å². The maximum Gasteiger partial charge on any atom is 0.338 e. The van der Waals surface area contributed by atoms with E-state index >= 15 is 0 Å². The summed E-state index contributed by atoms with van der Waals surface area (Å²) >= 11 is 6.66. The van der Waals surface area contributed by atoms with Crippen LogP contribution in [0.5, 0.6) is 0 Å². The molecule has 19 heavy (non-hydrogen) atoms. The molecule has 0 spiro atoms. The highest BCUT2D eigenvalue weighted by molar-refractivity contribution is 9.10. The molecule has 2 aromatic carbocycles. The number of benzene rings is 2. The maximum atomic E-state index is 11.9. The van der Waals surface area contributed by atoms with Gasteiger partial charge >= 0.3 is 5.97 Å². The largest absolute Gasteiger partial charge is 0.457 e. The van der Waals surface area contributed by atoms with E-state index in [0.717, 1.165) is 14.5 Å². The molecule has 2 rings (SSSR count). The van der Waals surface area contributed by atoms with Crippen molar-refractivity contribution in [3.63, 3.8) is 0 Å². The number of carbonyl (C=O) groups excluding carboxylic acids is 1. The van der Waals surface area contributed by atoms with Crippen LogP contribution in [0.4, 0.5) is 5.69 Å². The zero-order valence-electron chi connectivity index (χ0n) is 9.90. The number of nitrogens with two attached hydrogens (primary N) is 1. The van der Waals surface area contributed by atoms with Crippen molar-refractivity contribution in [3.05, 3.63) is 62.5 Å². The molecule has 0 bridgehead atoms. The van der Waals surface area contributed by atoms with Crippen LogP contribution in [0.25, 0.3) is 0 Å². The monoisotopic (exact) mass is 383 g/mol. The average Bonchev–Trinajstić information content (AvgIpc) is 2.35. The van der Waals surface area contributed by atoms with Crippen LogP contribution in [-0.2, 0) is 11.3 Å². The molecule has 0 unspecified atom stereocenters. The zero-order valence-corrected chi connectivity index (χ0v) is 13.1. The van der Waals surface area contributed by atoms with Crippen molar-refractivity contribution in [2.75, 3.05) is 5.73 Å². The first-order valence-corrected chi connectivity index (χ1v) is 7.11. The Morgan fingerprint density at radius 3 is 2.58 bits per heavy atom. The number of ether oxygens (including phenoxy) is 1. The van der Waals surface area contributed by atoms with Gasteiger partial charge < -0.3 is 10.5 Å². The first kappa shape index (κ1) is 14.1. The Balaban J connectivity index is 2.05. The van der Waals surface area contributed by atoms with Crippen molar-refractivity contribution < 1.29 is 9.53 Å². The summed E-state index contributed by atoms with van der Waals surface area (Å²) in [6.07, 6.45) is 0. The van der Waals surface area contributed by atoms with Gasteiger partial charge in [0.2, 0.25) is 0 Å². The van der Waals surface area contributed by atoms with Gasteiger partial charge in [-0.05, 0) is 35.9 Å². The summed E-state index contributed by atoms with van der Waals surface area (Å²) in [7, 11) is 0. The smallest absolute Gasteiger partial charge is 0.338 e. The number of hydrogen-bond donors (Lipinski definition) is 1. The van der Waals surface area contributed by atoms with Gasteiger partial charge in [0.15, 0.2) is 0 Å². The zero-order chi connectivity index (χ0) is 13.8. The van der Waals surface area contributed by atoms with Crippen LogP contribution in [-0.4, -0.2) is 5.97 Å². The van der Waals surface area contributed by atoms with E-state index in [1.165, 1.54) is 0 Å². The van der Waals surface area contributed by atoms with Gasteiger partial charge in [0.25, 0.3) is 0 Å². The molecule has 98 valence electrons. The minimum Gasteiger partial charge on any atom is -0.457 e. The van der Waals surface area contributed by atoms with E-state index in [1.807, 2.05) is 24.3 Å². The van der Waals surface area contributed by atoms with E-state index in [4.69, 9.17) is 10.5 Å². The normalized spacial score (nSPS) is 10.2. The molecule has 2 aromatic rings. The summed E-state index contributed by atoms with van der Waals surface area (Å²) in [4.78, 5) is 11.9. The lowest BCUT2D eigenvalue weighted by Crippen LogP contribution is -2.06. The van der Waals surface area contributed by atoms with E-state index in [2.05, 4.69) is 31.9 Å². The Morgan fingerprint density at radius 2 is 1.89 bits per heavy atom. The van der Waals surface area contributed by atoms with Crippen LogP contribution in [0.3, 0.4) is 0 Å². The minimum atomic E-state index is -0.395. The van der Waals surface area contributed by atoms with E-state index in [-0.39, 0.29) is 6.61 Å². The van der Waals surface area contributed by atoms with Gasteiger partial charge in [-0.2, -0.15) is 0 Å². The summed E-state index contributed by atoms with van der Waals surface area (Å²) in [6, 6.07) is 12.6. The molecule has 3 nitrogen and oxygen atoms in total. The maximum absolute atomic E-state index is 11.9. The molecule has 0 amide bonds. The Hall–Kier alpha value is -1.33. The second-order valence-electron chi connectivity index (χ2n) is 3.98. The standard InChI is InChI=1S/C14H11Br2NO2/c15-11-3-1-2-9(4-11)8-19-14(18)10-5-12(16)7-13(17)6-10/h1-7H,8,17H2. The third-order valence-electron chi connectivity index (χ3n) is 2.41. The summed E-state index contributed by atoms with van der Waals surface area (Å²) in [5, 5.41) is 0. The van der Waals surface area contributed by atoms with Gasteiger partial charge in [0.1, 0.15) is 6.61 Å². The van der Waals surface area contributed by atoms with E-state index in [1.54, 1.807) is 18.2 Å². The van der Waals surface area contributed by atoms with Gasteiger partial charge in [-0.3, -0.25) is 0 Å². The van der Waals surface area contributed by atoms with Crippen molar-refractivity contribution in [2.24, 2.45) is 0 Å². The fourth-order valence-corrected chi connectivity index (χ4v) is 2.55. The summed E-state index contributed by atoms with van der Waals surface area (Å²) < 4.78 is 6.95. The van der Waals surface area contributed by atoms with Gasteiger partial charge in [-0.25, -0.2) is 4.79 Å². The first-order valence-electron chi connectivity index (χ1n) is 5.52. The lowest BCUT2D eigenvalue weighted by molar-refractivity contribution is 0.0472. The highest BCUT2D eigenvalue weighted by Crippen LogP contribution is 2.19. The first-order chi connectivity index (χ1) is 9.04. The predicted octanol–water partition coefficient (Wildman–Crippen LogP) is 4.15.